The summed E-state index contributed by atoms with van der Waals surface area (Å²) in [4.78, 5) is 54.7. The van der Waals surface area contributed by atoms with Gasteiger partial charge < -0.3 is 25.4 Å². The molecule has 0 unspecified atom stereocenters. The van der Waals surface area contributed by atoms with Gasteiger partial charge in [-0.25, -0.2) is 9.23 Å². The number of halogens is 1. The lowest BCUT2D eigenvalue weighted by Gasteiger charge is -2.62. The number of hydrogen-bond donors (Lipinski definition) is 6. The number of fused-ring (bicyclic) bond motifs is 5. The highest BCUT2D eigenvalue weighted by atomic mass is 19.1. The molecule has 0 bridgehead atoms. The number of aliphatic hydroxyl groups excluding tert-OH is 2. The number of ether oxygens (including phenoxy) is 1. The molecule has 13 nitrogen and oxygen atoms in total. The van der Waals surface area contributed by atoms with E-state index < -0.39 is 82.3 Å². The lowest BCUT2D eigenvalue weighted by atomic mass is 9.44. The number of Topliss-reactive ketones (excluding diaryl/α,β-unsaturated/α-hetero) is 1. The van der Waals surface area contributed by atoms with Crippen LogP contribution in [0.1, 0.15) is 55.5 Å². The van der Waals surface area contributed by atoms with Crippen LogP contribution in [0.5, 0.6) is 0 Å². The normalized spacial score (nSPS) is 36.9. The summed E-state index contributed by atoms with van der Waals surface area (Å²) in [5, 5.41) is 53.3. The third-order valence-electron chi connectivity index (χ3n) is 10.6. The SMILES string of the molecule is C[C@]12C=CC(=O)C=C1CC[C@H]1[C@@H]3C[C@@H](O)[C@](O)(C(=O)COC(=O)CNC(=O)c4ccc(CON(O)O)cc4)[C@@]3(C)C[C@H](O)[C@@]12F. The van der Waals surface area contributed by atoms with Crippen molar-refractivity contribution < 1.29 is 58.9 Å². The van der Waals surface area contributed by atoms with E-state index in [0.29, 0.717) is 17.6 Å². The first-order valence-corrected chi connectivity index (χ1v) is 14.7. The summed E-state index contributed by atoms with van der Waals surface area (Å²) in [6.07, 6.45) is 1.04. The first-order valence-electron chi connectivity index (χ1n) is 14.7. The summed E-state index contributed by atoms with van der Waals surface area (Å²) in [5.74, 6) is -4.45. The number of alkyl halides is 1. The van der Waals surface area contributed by atoms with E-state index in [1.54, 1.807) is 6.92 Å². The molecule has 0 aliphatic heterocycles. The summed E-state index contributed by atoms with van der Waals surface area (Å²) >= 11 is 0. The topological polar surface area (TPSA) is 203 Å². The van der Waals surface area contributed by atoms with E-state index in [0.717, 1.165) is 0 Å². The zero-order valence-corrected chi connectivity index (χ0v) is 24.8. The van der Waals surface area contributed by atoms with Gasteiger partial charge in [-0.3, -0.25) is 29.6 Å². The minimum absolute atomic E-state index is 0.118. The van der Waals surface area contributed by atoms with Crippen molar-refractivity contribution in [2.75, 3.05) is 13.2 Å². The number of nitrogens with one attached hydrogen (secondary N) is 1. The predicted octanol–water partition coefficient (Wildman–Crippen LogP) is 1.11. The van der Waals surface area contributed by atoms with Crippen molar-refractivity contribution >= 4 is 23.4 Å². The number of amides is 1. The molecule has 5 rings (SSSR count). The number of carbonyl (C=O) groups excluding carboxylic acids is 4. The van der Waals surface area contributed by atoms with Crippen LogP contribution in [0, 0.1) is 22.7 Å². The van der Waals surface area contributed by atoms with Gasteiger partial charge in [0.15, 0.2) is 23.7 Å². The van der Waals surface area contributed by atoms with Gasteiger partial charge in [-0.05, 0) is 68.4 Å². The minimum Gasteiger partial charge on any atom is -0.456 e. The molecule has 8 atom stereocenters. The van der Waals surface area contributed by atoms with Gasteiger partial charge in [0.1, 0.15) is 6.54 Å². The van der Waals surface area contributed by atoms with Crippen molar-refractivity contribution in [3.8, 4) is 0 Å². The van der Waals surface area contributed by atoms with Gasteiger partial charge in [0.25, 0.3) is 5.91 Å². The van der Waals surface area contributed by atoms with Crippen molar-refractivity contribution in [1.29, 1.82) is 0 Å². The van der Waals surface area contributed by atoms with Gasteiger partial charge in [-0.15, -0.1) is 0 Å². The van der Waals surface area contributed by atoms with Crippen molar-refractivity contribution in [3.05, 3.63) is 59.2 Å². The maximum absolute atomic E-state index is 17.2. The van der Waals surface area contributed by atoms with Gasteiger partial charge >= 0.3 is 5.97 Å². The molecule has 0 saturated heterocycles. The molecule has 0 aromatic heterocycles. The zero-order valence-electron chi connectivity index (χ0n) is 24.8. The molecule has 3 fully saturated rings. The molecule has 1 amide bonds. The van der Waals surface area contributed by atoms with Gasteiger partial charge in [-0.1, -0.05) is 30.7 Å². The predicted molar refractivity (Wildman–Crippen MR) is 150 cm³/mol. The Balaban J connectivity index is 1.23. The maximum Gasteiger partial charge on any atom is 0.325 e. The third kappa shape index (κ3) is 5.23. The first-order chi connectivity index (χ1) is 21.1. The Bertz CT molecular complexity index is 1450. The van der Waals surface area contributed by atoms with Crippen LogP contribution >= 0.6 is 0 Å². The molecule has 4 aliphatic rings. The van der Waals surface area contributed by atoms with Crippen molar-refractivity contribution in [2.24, 2.45) is 22.7 Å². The van der Waals surface area contributed by atoms with E-state index in [1.807, 2.05) is 0 Å². The number of allylic oxidation sites excluding steroid dienone is 4. The molecule has 4 aliphatic carbocycles. The fourth-order valence-electron chi connectivity index (χ4n) is 8.18. The maximum atomic E-state index is 17.2. The fourth-order valence-corrected chi connectivity index (χ4v) is 8.18. The number of carbonyl (C=O) groups is 4. The lowest BCUT2D eigenvalue weighted by molar-refractivity contribution is -0.497. The molecule has 45 heavy (non-hydrogen) atoms. The number of rotatable bonds is 9. The Morgan fingerprint density at radius 2 is 1.78 bits per heavy atom. The first kappa shape index (κ1) is 33.0. The van der Waals surface area contributed by atoms with Gasteiger partial charge in [0.05, 0.1) is 24.2 Å². The number of aliphatic hydroxyl groups is 3. The van der Waals surface area contributed by atoms with E-state index in [-0.39, 0.29) is 37.2 Å². The minimum atomic E-state index is -2.45. The quantitative estimate of drug-likeness (QED) is 0.167. The summed E-state index contributed by atoms with van der Waals surface area (Å²) in [6, 6.07) is 5.80. The molecule has 1 aromatic carbocycles. The largest absolute Gasteiger partial charge is 0.456 e. The molecule has 1 aromatic rings. The Morgan fingerprint density at radius 1 is 1.09 bits per heavy atom. The Hall–Kier alpha value is -3.37. The Morgan fingerprint density at radius 3 is 2.44 bits per heavy atom. The summed E-state index contributed by atoms with van der Waals surface area (Å²) < 4.78 is 22.3. The van der Waals surface area contributed by atoms with Crippen molar-refractivity contribution in [3.63, 3.8) is 0 Å². The van der Waals surface area contributed by atoms with Crippen LogP contribution < -0.4 is 5.32 Å². The van der Waals surface area contributed by atoms with Crippen molar-refractivity contribution in [2.45, 2.75) is 69.6 Å². The molecule has 244 valence electrons. The van der Waals surface area contributed by atoms with Gasteiger partial charge in [0.2, 0.25) is 5.78 Å². The average Bonchev–Trinajstić information content (AvgIpc) is 3.20. The highest BCUT2D eigenvalue weighted by molar-refractivity contribution is 6.01. The summed E-state index contributed by atoms with van der Waals surface area (Å²) in [5.41, 5.74) is -6.14. The van der Waals surface area contributed by atoms with Crippen LogP contribution in [0.3, 0.4) is 0 Å². The third-order valence-corrected chi connectivity index (χ3v) is 10.6. The molecule has 3 saturated carbocycles. The standard InChI is InChI=1S/C31H37FN2O11/c1-28-10-9-20(35)11-19(28)7-8-21-22-12-23(36)31(41,29(22,2)13-24(37)30(21,28)32)25(38)16-44-26(39)14-33-27(40)18-5-3-17(4-6-18)15-45-34(42)43/h3-6,9-11,21-24,36-37,41-43H,7-8,12-16H2,1-2H3,(H,33,40)/t21-,22-,23+,24-,28-,29-,30-,31-/m0/s1. The van der Waals surface area contributed by atoms with Gasteiger partial charge in [0, 0.05) is 22.3 Å². The Labute approximate surface area is 257 Å². The zero-order chi connectivity index (χ0) is 32.9. The molecule has 0 spiro atoms. The number of nitrogens with zero attached hydrogens (tertiary/aromatic N) is 1. The van der Waals surface area contributed by atoms with Gasteiger partial charge in [-0.2, -0.15) is 0 Å². The highest BCUT2D eigenvalue weighted by Gasteiger charge is 2.76. The van der Waals surface area contributed by atoms with Crippen LogP contribution in [0.25, 0.3) is 0 Å². The second kappa shape index (κ2) is 11.8. The van der Waals surface area contributed by atoms with Crippen LogP contribution in [0.15, 0.2) is 48.1 Å². The van der Waals surface area contributed by atoms with Crippen LogP contribution in [0.4, 0.5) is 4.39 Å². The summed E-state index contributed by atoms with van der Waals surface area (Å²) in [7, 11) is 0. The highest BCUT2D eigenvalue weighted by Crippen LogP contribution is 2.69. The van der Waals surface area contributed by atoms with Crippen molar-refractivity contribution in [1.82, 2.24) is 10.7 Å². The average molecular weight is 633 g/mol. The van der Waals surface area contributed by atoms with Crippen LogP contribution in [-0.2, 0) is 30.6 Å². The van der Waals surface area contributed by atoms with E-state index >= 15 is 4.39 Å². The molecule has 6 N–H and O–H groups in total. The Kier molecular flexibility index (Phi) is 8.63. The van der Waals surface area contributed by atoms with E-state index in [4.69, 9.17) is 15.2 Å². The van der Waals surface area contributed by atoms with E-state index in [2.05, 4.69) is 10.2 Å². The second-order valence-corrected chi connectivity index (χ2v) is 12.8. The monoisotopic (exact) mass is 632 g/mol. The number of hydrogen-bond acceptors (Lipinski definition) is 12. The molecule has 0 radical (unpaired) electrons. The second-order valence-electron chi connectivity index (χ2n) is 12.8. The lowest BCUT2D eigenvalue weighted by Crippen LogP contribution is -2.69. The number of ketones is 2. The number of esters is 1. The summed E-state index contributed by atoms with van der Waals surface area (Å²) in [6.45, 7) is 1.45. The smallest absolute Gasteiger partial charge is 0.325 e. The number of benzene rings is 1. The van der Waals surface area contributed by atoms with E-state index in [1.165, 1.54) is 49.4 Å². The van der Waals surface area contributed by atoms with E-state index in [9.17, 15) is 34.5 Å². The van der Waals surface area contributed by atoms with Crippen LogP contribution in [0.2, 0.25) is 0 Å². The molecular weight excluding hydrogens is 595 g/mol. The van der Waals surface area contributed by atoms with Crippen LogP contribution in [-0.4, -0.2) is 91.2 Å². The molecular formula is C31H37FN2O11. The molecule has 0 heterocycles. The molecule has 14 heteroatoms. The fraction of sp³-hybridized carbons (Fsp3) is 0.548.